The van der Waals surface area contributed by atoms with Crippen LogP contribution in [0.5, 0.6) is 0 Å². The Labute approximate surface area is 136 Å². The lowest BCUT2D eigenvalue weighted by Gasteiger charge is -2.35. The number of hydrogen-bond donors (Lipinski definition) is 2. The number of likely N-dealkylation sites (tertiary alicyclic amines) is 1. The van der Waals surface area contributed by atoms with Crippen LogP contribution < -0.4 is 0 Å². The van der Waals surface area contributed by atoms with Crippen LogP contribution in [0.4, 0.5) is 0 Å². The van der Waals surface area contributed by atoms with Gasteiger partial charge in [-0.15, -0.1) is 0 Å². The maximum Gasteiger partial charge on any atom is 0.354 e. The van der Waals surface area contributed by atoms with Crippen LogP contribution in [0.2, 0.25) is 0 Å². The molecule has 0 amide bonds. The van der Waals surface area contributed by atoms with Gasteiger partial charge in [0, 0.05) is 30.3 Å². The largest absolute Gasteiger partial charge is 0.477 e. The van der Waals surface area contributed by atoms with Crippen molar-refractivity contribution in [3.63, 3.8) is 0 Å². The van der Waals surface area contributed by atoms with Gasteiger partial charge < -0.3 is 10.2 Å². The van der Waals surface area contributed by atoms with Gasteiger partial charge in [-0.2, -0.15) is 0 Å². The molecule has 0 aromatic carbocycles. The van der Waals surface area contributed by atoms with E-state index in [-0.39, 0.29) is 5.69 Å². The zero-order valence-electron chi connectivity index (χ0n) is 12.3. The first-order valence-corrected chi connectivity index (χ1v) is 7.99. The Bertz CT molecular complexity index is 716. The van der Waals surface area contributed by atoms with E-state index in [2.05, 4.69) is 25.8 Å². The number of rotatable bonds is 3. The number of aliphatic hydroxyl groups is 1. The first-order chi connectivity index (χ1) is 10.4. The molecule has 0 unspecified atom stereocenters. The fourth-order valence-corrected chi connectivity index (χ4v) is 3.13. The van der Waals surface area contributed by atoms with Crippen LogP contribution >= 0.6 is 15.9 Å². The van der Waals surface area contributed by atoms with Crippen molar-refractivity contribution in [1.82, 2.24) is 14.3 Å². The SMILES string of the molecule is CC1(O)CCN(Cc2nc3cc(Br)ccn3c2C(=O)O)CC1. The minimum atomic E-state index is -0.978. The van der Waals surface area contributed by atoms with E-state index in [1.165, 1.54) is 0 Å². The molecule has 2 aromatic heterocycles. The normalized spacial score (nSPS) is 18.7. The highest BCUT2D eigenvalue weighted by molar-refractivity contribution is 9.10. The van der Waals surface area contributed by atoms with Gasteiger partial charge in [-0.05, 0) is 31.9 Å². The topological polar surface area (TPSA) is 78.1 Å². The zero-order valence-corrected chi connectivity index (χ0v) is 13.9. The summed E-state index contributed by atoms with van der Waals surface area (Å²) in [6.45, 7) is 3.81. The van der Waals surface area contributed by atoms with Crippen molar-refractivity contribution in [1.29, 1.82) is 0 Å². The molecular weight excluding hydrogens is 350 g/mol. The van der Waals surface area contributed by atoms with Crippen LogP contribution in [0.25, 0.3) is 5.65 Å². The third kappa shape index (κ3) is 3.02. The predicted octanol–water partition coefficient (Wildman–Crippen LogP) is 2.14. The number of hydrogen-bond acceptors (Lipinski definition) is 4. The minimum Gasteiger partial charge on any atom is -0.477 e. The van der Waals surface area contributed by atoms with Crippen LogP contribution in [0.1, 0.15) is 35.9 Å². The first-order valence-electron chi connectivity index (χ1n) is 7.20. The van der Waals surface area contributed by atoms with Crippen molar-refractivity contribution in [3.8, 4) is 0 Å². The lowest BCUT2D eigenvalue weighted by Crippen LogP contribution is -2.42. The molecule has 0 saturated carbocycles. The summed E-state index contributed by atoms with van der Waals surface area (Å²) in [4.78, 5) is 18.2. The number of aromatic carboxylic acids is 1. The quantitative estimate of drug-likeness (QED) is 0.868. The summed E-state index contributed by atoms with van der Waals surface area (Å²) < 4.78 is 2.46. The maximum atomic E-state index is 11.6. The second kappa shape index (κ2) is 5.64. The molecule has 6 nitrogen and oxygen atoms in total. The summed E-state index contributed by atoms with van der Waals surface area (Å²) in [7, 11) is 0. The van der Waals surface area contributed by atoms with Crippen molar-refractivity contribution in [3.05, 3.63) is 34.2 Å². The molecule has 3 rings (SSSR count). The molecule has 2 aromatic rings. The smallest absolute Gasteiger partial charge is 0.354 e. The van der Waals surface area contributed by atoms with E-state index < -0.39 is 11.6 Å². The van der Waals surface area contributed by atoms with Crippen LogP contribution in [0.15, 0.2) is 22.8 Å². The van der Waals surface area contributed by atoms with E-state index in [9.17, 15) is 15.0 Å². The van der Waals surface area contributed by atoms with Gasteiger partial charge in [-0.3, -0.25) is 9.30 Å². The van der Waals surface area contributed by atoms with Crippen molar-refractivity contribution in [2.24, 2.45) is 0 Å². The second-order valence-corrected chi connectivity index (χ2v) is 6.97. The predicted molar refractivity (Wildman–Crippen MR) is 85.0 cm³/mol. The van der Waals surface area contributed by atoms with Crippen LogP contribution in [0.3, 0.4) is 0 Å². The van der Waals surface area contributed by atoms with Crippen LogP contribution in [-0.2, 0) is 6.54 Å². The van der Waals surface area contributed by atoms with E-state index in [1.54, 1.807) is 22.7 Å². The third-order valence-corrected chi connectivity index (χ3v) is 4.66. The molecule has 0 bridgehead atoms. The van der Waals surface area contributed by atoms with Crippen molar-refractivity contribution in [2.45, 2.75) is 31.9 Å². The average molecular weight is 368 g/mol. The van der Waals surface area contributed by atoms with Crippen LogP contribution in [-0.4, -0.2) is 49.2 Å². The van der Waals surface area contributed by atoms with Crippen molar-refractivity contribution >= 4 is 27.5 Å². The monoisotopic (exact) mass is 367 g/mol. The summed E-state index contributed by atoms with van der Waals surface area (Å²) in [6, 6.07) is 3.60. The van der Waals surface area contributed by atoms with Gasteiger partial charge in [-0.25, -0.2) is 9.78 Å². The highest BCUT2D eigenvalue weighted by Gasteiger charge is 2.29. The number of nitrogens with zero attached hydrogens (tertiary/aromatic N) is 3. The number of piperidine rings is 1. The Hall–Kier alpha value is -1.44. The van der Waals surface area contributed by atoms with Crippen LogP contribution in [0, 0.1) is 0 Å². The van der Waals surface area contributed by atoms with E-state index in [0.717, 1.165) is 17.6 Å². The molecule has 1 fully saturated rings. The Morgan fingerprint density at radius 1 is 1.45 bits per heavy atom. The Kier molecular flexibility index (Phi) is 3.96. The van der Waals surface area contributed by atoms with Crippen molar-refractivity contribution < 1.29 is 15.0 Å². The molecule has 1 aliphatic heterocycles. The summed E-state index contributed by atoms with van der Waals surface area (Å²) >= 11 is 3.38. The summed E-state index contributed by atoms with van der Waals surface area (Å²) in [5, 5.41) is 19.5. The average Bonchev–Trinajstić information content (AvgIpc) is 2.78. The molecule has 0 spiro atoms. The second-order valence-electron chi connectivity index (χ2n) is 6.06. The number of fused-ring (bicyclic) bond motifs is 1. The molecule has 0 atom stereocenters. The maximum absolute atomic E-state index is 11.6. The summed E-state index contributed by atoms with van der Waals surface area (Å²) in [6.07, 6.45) is 3.09. The number of pyridine rings is 1. The molecule has 1 aliphatic rings. The molecule has 2 N–H and O–H groups in total. The fraction of sp³-hybridized carbons (Fsp3) is 0.467. The molecular formula is C15H18BrN3O3. The lowest BCUT2D eigenvalue weighted by atomic mass is 9.94. The number of aromatic nitrogens is 2. The van der Waals surface area contributed by atoms with Crippen molar-refractivity contribution in [2.75, 3.05) is 13.1 Å². The molecule has 1 saturated heterocycles. The van der Waals surface area contributed by atoms with E-state index in [1.807, 2.05) is 6.92 Å². The minimum absolute atomic E-state index is 0.208. The number of carbonyl (C=O) groups is 1. The molecule has 22 heavy (non-hydrogen) atoms. The molecule has 0 aliphatic carbocycles. The number of carboxylic acid groups (broad SMARTS) is 1. The number of halogens is 1. The standard InChI is InChI=1S/C15H18BrN3O3/c1-15(22)3-6-18(7-4-15)9-11-13(14(20)21)19-5-2-10(16)8-12(19)17-11/h2,5,8,22H,3-4,6-7,9H2,1H3,(H,20,21). The summed E-state index contributed by atoms with van der Waals surface area (Å²) in [5.41, 5.74) is 0.772. The van der Waals surface area contributed by atoms with E-state index in [4.69, 9.17) is 0 Å². The van der Waals surface area contributed by atoms with E-state index >= 15 is 0 Å². The fourth-order valence-electron chi connectivity index (χ4n) is 2.81. The Morgan fingerprint density at radius 2 is 2.14 bits per heavy atom. The first kappa shape index (κ1) is 15.5. The Morgan fingerprint density at radius 3 is 2.77 bits per heavy atom. The molecule has 7 heteroatoms. The van der Waals surface area contributed by atoms with Gasteiger partial charge in [0.05, 0.1) is 11.3 Å². The van der Waals surface area contributed by atoms with Gasteiger partial charge in [0.25, 0.3) is 0 Å². The highest BCUT2D eigenvalue weighted by Crippen LogP contribution is 2.24. The third-order valence-electron chi connectivity index (χ3n) is 4.17. The molecule has 3 heterocycles. The Balaban J connectivity index is 1.90. The summed E-state index contributed by atoms with van der Waals surface area (Å²) in [5.74, 6) is -0.978. The van der Waals surface area contributed by atoms with Gasteiger partial charge in [0.1, 0.15) is 5.65 Å². The molecule has 0 radical (unpaired) electrons. The number of carboxylic acids is 1. The van der Waals surface area contributed by atoms with Gasteiger partial charge >= 0.3 is 5.97 Å². The van der Waals surface area contributed by atoms with Gasteiger partial charge in [0.2, 0.25) is 0 Å². The van der Waals surface area contributed by atoms with Gasteiger partial charge in [-0.1, -0.05) is 15.9 Å². The van der Waals surface area contributed by atoms with Gasteiger partial charge in [0.15, 0.2) is 5.69 Å². The highest BCUT2D eigenvalue weighted by atomic mass is 79.9. The number of imidazole rings is 1. The zero-order chi connectivity index (χ0) is 15.9. The lowest BCUT2D eigenvalue weighted by molar-refractivity contribution is -0.00767. The molecule has 118 valence electrons. The van der Waals surface area contributed by atoms with E-state index in [0.29, 0.717) is 30.7 Å².